The Morgan fingerprint density at radius 2 is 2.00 bits per heavy atom. The SMILES string of the molecule is C#CCNC=C.C=C(c1c(-c2ccc(F)cc2)coc1C)c1c[nH]c2cc(CC)ccc12. The van der Waals surface area contributed by atoms with Crippen molar-refractivity contribution in [1.82, 2.24) is 10.3 Å². The van der Waals surface area contributed by atoms with E-state index in [9.17, 15) is 4.39 Å². The van der Waals surface area contributed by atoms with Gasteiger partial charge in [0.2, 0.25) is 0 Å². The third kappa shape index (κ3) is 4.84. The first-order chi connectivity index (χ1) is 15.5. The fraction of sp³-hybridized carbons (Fsp3) is 0.143. The molecular formula is C28H27FN2O. The summed E-state index contributed by atoms with van der Waals surface area (Å²) in [5.74, 6) is 2.93. The molecule has 0 aliphatic rings. The number of halogens is 1. The summed E-state index contributed by atoms with van der Waals surface area (Å²) in [6, 6.07) is 12.9. The first-order valence-corrected chi connectivity index (χ1v) is 10.4. The van der Waals surface area contributed by atoms with Gasteiger partial charge in [0.25, 0.3) is 0 Å². The number of H-pyrrole nitrogens is 1. The Morgan fingerprint density at radius 1 is 1.25 bits per heavy atom. The molecule has 0 amide bonds. The highest BCUT2D eigenvalue weighted by molar-refractivity contribution is 5.99. The summed E-state index contributed by atoms with van der Waals surface area (Å²) in [4.78, 5) is 3.35. The average molecular weight is 427 g/mol. The number of nitrogens with one attached hydrogen (secondary N) is 2. The van der Waals surface area contributed by atoms with Crippen molar-refractivity contribution in [1.29, 1.82) is 0 Å². The molecular weight excluding hydrogens is 399 g/mol. The summed E-state index contributed by atoms with van der Waals surface area (Å²) >= 11 is 0. The number of benzene rings is 2. The van der Waals surface area contributed by atoms with Gasteiger partial charge in [0.1, 0.15) is 11.6 Å². The zero-order valence-electron chi connectivity index (χ0n) is 18.5. The Labute approximate surface area is 188 Å². The molecule has 0 saturated heterocycles. The van der Waals surface area contributed by atoms with Crippen LogP contribution in [-0.2, 0) is 6.42 Å². The van der Waals surface area contributed by atoms with E-state index >= 15 is 0 Å². The Kier molecular flexibility index (Phi) is 7.36. The molecule has 0 spiro atoms. The highest BCUT2D eigenvalue weighted by Crippen LogP contribution is 2.38. The van der Waals surface area contributed by atoms with Crippen molar-refractivity contribution in [3.8, 4) is 23.5 Å². The van der Waals surface area contributed by atoms with Gasteiger partial charge >= 0.3 is 0 Å². The van der Waals surface area contributed by atoms with Gasteiger partial charge in [0.05, 0.1) is 12.8 Å². The lowest BCUT2D eigenvalue weighted by Gasteiger charge is -2.08. The van der Waals surface area contributed by atoms with Crippen LogP contribution in [0.1, 0.15) is 29.4 Å². The molecule has 2 heterocycles. The van der Waals surface area contributed by atoms with Gasteiger partial charge in [-0.15, -0.1) is 6.42 Å². The molecule has 0 bridgehead atoms. The zero-order chi connectivity index (χ0) is 23.1. The molecule has 2 N–H and O–H groups in total. The second kappa shape index (κ2) is 10.4. The Balaban J connectivity index is 0.000000427. The average Bonchev–Trinajstić information content (AvgIpc) is 3.41. The minimum atomic E-state index is -0.252. The van der Waals surface area contributed by atoms with Gasteiger partial charge in [-0.25, -0.2) is 4.39 Å². The molecule has 162 valence electrons. The van der Waals surface area contributed by atoms with Crippen LogP contribution in [-0.4, -0.2) is 11.5 Å². The van der Waals surface area contributed by atoms with E-state index in [1.54, 1.807) is 24.6 Å². The van der Waals surface area contributed by atoms with Crippen LogP contribution < -0.4 is 5.32 Å². The van der Waals surface area contributed by atoms with E-state index in [1.807, 2.05) is 13.1 Å². The van der Waals surface area contributed by atoms with Gasteiger partial charge in [-0.3, -0.25) is 0 Å². The van der Waals surface area contributed by atoms with E-state index in [2.05, 4.69) is 54.5 Å². The third-order valence-corrected chi connectivity index (χ3v) is 5.26. The molecule has 0 radical (unpaired) electrons. The molecule has 32 heavy (non-hydrogen) atoms. The van der Waals surface area contributed by atoms with Crippen LogP contribution in [0.3, 0.4) is 0 Å². The lowest BCUT2D eigenvalue weighted by molar-refractivity contribution is 0.534. The number of aromatic nitrogens is 1. The van der Waals surface area contributed by atoms with Crippen LogP contribution >= 0.6 is 0 Å². The monoisotopic (exact) mass is 426 g/mol. The van der Waals surface area contributed by atoms with Crippen molar-refractivity contribution in [3.05, 3.63) is 103 Å². The van der Waals surface area contributed by atoms with E-state index in [-0.39, 0.29) is 5.82 Å². The second-order valence-corrected chi connectivity index (χ2v) is 7.29. The minimum Gasteiger partial charge on any atom is -0.468 e. The highest BCUT2D eigenvalue weighted by Gasteiger charge is 2.18. The lowest BCUT2D eigenvalue weighted by atomic mass is 9.93. The first-order valence-electron chi connectivity index (χ1n) is 10.4. The second-order valence-electron chi connectivity index (χ2n) is 7.29. The van der Waals surface area contributed by atoms with Gasteiger partial charge in [-0.2, -0.15) is 0 Å². The van der Waals surface area contributed by atoms with Crippen molar-refractivity contribution in [2.75, 3.05) is 6.54 Å². The maximum absolute atomic E-state index is 13.3. The number of rotatable bonds is 6. The summed E-state index contributed by atoms with van der Waals surface area (Å²) < 4.78 is 19.0. The highest BCUT2D eigenvalue weighted by atomic mass is 19.1. The number of furan rings is 1. The van der Waals surface area contributed by atoms with Crippen molar-refractivity contribution < 1.29 is 8.81 Å². The smallest absolute Gasteiger partial charge is 0.123 e. The van der Waals surface area contributed by atoms with Gasteiger partial charge in [0, 0.05) is 33.8 Å². The predicted octanol–water partition coefficient (Wildman–Crippen LogP) is 6.85. The number of hydrogen-bond donors (Lipinski definition) is 2. The Bertz CT molecular complexity index is 1270. The molecule has 4 rings (SSSR count). The zero-order valence-corrected chi connectivity index (χ0v) is 18.5. The molecule has 0 aliphatic heterocycles. The van der Waals surface area contributed by atoms with E-state index in [1.165, 1.54) is 17.7 Å². The molecule has 2 aromatic heterocycles. The predicted molar refractivity (Wildman–Crippen MR) is 132 cm³/mol. The van der Waals surface area contributed by atoms with Gasteiger partial charge in [-0.1, -0.05) is 50.3 Å². The van der Waals surface area contributed by atoms with Gasteiger partial charge in [0.15, 0.2) is 0 Å². The van der Waals surface area contributed by atoms with Crippen molar-refractivity contribution in [3.63, 3.8) is 0 Å². The molecule has 0 atom stereocenters. The van der Waals surface area contributed by atoms with Gasteiger partial charge in [-0.05, 0) is 54.4 Å². The molecule has 3 nitrogen and oxygen atoms in total. The summed E-state index contributed by atoms with van der Waals surface area (Å²) in [6.07, 6.45) is 11.1. The van der Waals surface area contributed by atoms with Crippen molar-refractivity contribution in [2.24, 2.45) is 0 Å². The van der Waals surface area contributed by atoms with E-state index < -0.39 is 0 Å². The molecule has 0 fully saturated rings. The molecule has 0 unspecified atom stereocenters. The molecule has 4 heteroatoms. The molecule has 4 aromatic rings. The van der Waals surface area contributed by atoms with Crippen molar-refractivity contribution in [2.45, 2.75) is 20.3 Å². The quantitative estimate of drug-likeness (QED) is 0.261. The number of terminal acetylenes is 1. The van der Waals surface area contributed by atoms with E-state index in [0.717, 1.165) is 50.9 Å². The normalized spacial score (nSPS) is 10.2. The Hall–Kier alpha value is -3.97. The van der Waals surface area contributed by atoms with Crippen LogP contribution in [0.2, 0.25) is 0 Å². The summed E-state index contributed by atoms with van der Waals surface area (Å²) in [5, 5.41) is 3.86. The topological polar surface area (TPSA) is 41.0 Å². The molecule has 0 saturated carbocycles. The van der Waals surface area contributed by atoms with Crippen LogP contribution in [0.4, 0.5) is 4.39 Å². The van der Waals surface area contributed by atoms with Crippen LogP contribution in [0.5, 0.6) is 0 Å². The van der Waals surface area contributed by atoms with Crippen LogP contribution in [0, 0.1) is 25.1 Å². The molecule has 2 aromatic carbocycles. The maximum Gasteiger partial charge on any atom is 0.123 e. The summed E-state index contributed by atoms with van der Waals surface area (Å²) in [7, 11) is 0. The number of fused-ring (bicyclic) bond motifs is 1. The standard InChI is InChI=1S/C23H20FNO.C5H7N/c1-4-16-5-10-19-20(12-25-22(19)11-16)14(2)23-15(3)26-13-21(23)17-6-8-18(24)9-7-17;1-3-5-6-4-2/h5-13,25H,2,4H2,1,3H3;1,4,6H,2,5H2. The van der Waals surface area contributed by atoms with Crippen molar-refractivity contribution >= 4 is 16.5 Å². The summed E-state index contributed by atoms with van der Waals surface area (Å²) in [5.41, 5.74) is 7.13. The van der Waals surface area contributed by atoms with Gasteiger partial charge < -0.3 is 14.7 Å². The maximum atomic E-state index is 13.3. The fourth-order valence-electron chi connectivity index (χ4n) is 3.58. The lowest BCUT2D eigenvalue weighted by Crippen LogP contribution is -2.01. The minimum absolute atomic E-state index is 0.252. The number of hydrogen-bond acceptors (Lipinski definition) is 2. The fourth-order valence-corrected chi connectivity index (χ4v) is 3.58. The van der Waals surface area contributed by atoms with E-state index in [0.29, 0.717) is 6.54 Å². The first kappa shape index (κ1) is 22.7. The van der Waals surface area contributed by atoms with Crippen LogP contribution in [0.25, 0.3) is 27.6 Å². The molecule has 0 aliphatic carbocycles. The number of aromatic amines is 1. The largest absolute Gasteiger partial charge is 0.468 e. The van der Waals surface area contributed by atoms with Crippen LogP contribution in [0.15, 0.2) is 78.7 Å². The number of aryl methyl sites for hydroxylation is 2. The van der Waals surface area contributed by atoms with E-state index in [4.69, 9.17) is 10.8 Å². The summed E-state index contributed by atoms with van der Waals surface area (Å²) in [6.45, 7) is 12.4. The third-order valence-electron chi connectivity index (χ3n) is 5.26. The Morgan fingerprint density at radius 3 is 2.62 bits per heavy atom.